The van der Waals surface area contributed by atoms with E-state index in [0.29, 0.717) is 5.41 Å². The molecule has 96 valence electrons. The van der Waals surface area contributed by atoms with Gasteiger partial charge in [-0.05, 0) is 40.9 Å². The van der Waals surface area contributed by atoms with Crippen LogP contribution < -0.4 is 0 Å². The van der Waals surface area contributed by atoms with E-state index in [1.807, 2.05) is 0 Å². The Morgan fingerprint density at radius 1 is 1.00 bits per heavy atom. The van der Waals surface area contributed by atoms with Crippen LogP contribution >= 0.6 is 0 Å². The molecule has 4 unspecified atom stereocenters. The molecule has 1 saturated carbocycles. The van der Waals surface area contributed by atoms with Gasteiger partial charge in [0.2, 0.25) is 0 Å². The average molecular weight is 224 g/mol. The number of hydrogen-bond acceptors (Lipinski definition) is 0. The Kier molecular flexibility index (Phi) is 4.13. The van der Waals surface area contributed by atoms with Crippen LogP contribution in [-0.2, 0) is 0 Å². The molecule has 0 heteroatoms. The number of rotatable bonds is 4. The van der Waals surface area contributed by atoms with E-state index in [1.165, 1.54) is 6.42 Å². The minimum absolute atomic E-state index is 0.574. The second-order valence-corrected chi connectivity index (χ2v) is 6.94. The third-order valence-corrected chi connectivity index (χ3v) is 6.37. The Bertz CT molecular complexity index is 218. The summed E-state index contributed by atoms with van der Waals surface area (Å²) in [6.07, 6.45) is 1.32. The van der Waals surface area contributed by atoms with Gasteiger partial charge in [0.15, 0.2) is 0 Å². The Hall–Kier alpha value is 0. The Labute approximate surface area is 103 Å². The third kappa shape index (κ3) is 1.83. The van der Waals surface area contributed by atoms with Crippen LogP contribution in [0.3, 0.4) is 0 Å². The van der Waals surface area contributed by atoms with Crippen molar-refractivity contribution in [3.8, 4) is 0 Å². The largest absolute Gasteiger partial charge is 0.0651 e. The van der Waals surface area contributed by atoms with Crippen LogP contribution in [-0.4, -0.2) is 0 Å². The lowest BCUT2D eigenvalue weighted by atomic mass is 9.41. The Morgan fingerprint density at radius 2 is 1.44 bits per heavy atom. The highest BCUT2D eigenvalue weighted by Crippen LogP contribution is 2.63. The average Bonchev–Trinajstić information content (AvgIpc) is 2.25. The highest BCUT2D eigenvalue weighted by Gasteiger charge is 2.57. The van der Waals surface area contributed by atoms with E-state index in [1.54, 1.807) is 0 Å². The lowest BCUT2D eigenvalue weighted by Gasteiger charge is -2.63. The van der Waals surface area contributed by atoms with Gasteiger partial charge in [-0.1, -0.05) is 61.8 Å². The van der Waals surface area contributed by atoms with Gasteiger partial charge in [0.1, 0.15) is 0 Å². The number of hydrogen-bond donors (Lipinski definition) is 0. The summed E-state index contributed by atoms with van der Waals surface area (Å²) in [4.78, 5) is 0. The Morgan fingerprint density at radius 3 is 1.75 bits per heavy atom. The molecule has 1 rings (SSSR count). The molecule has 16 heavy (non-hydrogen) atoms. The molecule has 0 amide bonds. The SMILES string of the molecule is CCC(C)C(C)C1(C)C(C)C(C(C)C)C1C. The van der Waals surface area contributed by atoms with E-state index in [0.717, 1.165) is 35.5 Å². The summed E-state index contributed by atoms with van der Waals surface area (Å²) in [6, 6.07) is 0. The molecule has 1 aliphatic carbocycles. The smallest absolute Gasteiger partial charge is 0.0241 e. The van der Waals surface area contributed by atoms with Crippen molar-refractivity contribution in [1.82, 2.24) is 0 Å². The molecular weight excluding hydrogens is 192 g/mol. The van der Waals surface area contributed by atoms with Crippen LogP contribution in [0.1, 0.15) is 61.8 Å². The fourth-order valence-electron chi connectivity index (χ4n) is 4.51. The summed E-state index contributed by atoms with van der Waals surface area (Å²) in [5, 5.41) is 0. The zero-order valence-electron chi connectivity index (χ0n) is 12.7. The molecule has 0 radical (unpaired) electrons. The van der Waals surface area contributed by atoms with Gasteiger partial charge < -0.3 is 0 Å². The molecule has 0 aromatic rings. The molecule has 0 nitrogen and oxygen atoms in total. The molecule has 0 N–H and O–H groups in total. The maximum absolute atomic E-state index is 2.54. The van der Waals surface area contributed by atoms with E-state index >= 15 is 0 Å². The van der Waals surface area contributed by atoms with Gasteiger partial charge >= 0.3 is 0 Å². The van der Waals surface area contributed by atoms with Gasteiger partial charge in [0, 0.05) is 0 Å². The van der Waals surface area contributed by atoms with Crippen molar-refractivity contribution in [3.63, 3.8) is 0 Å². The normalized spacial score (nSPS) is 42.9. The molecule has 1 aliphatic rings. The fourth-order valence-corrected chi connectivity index (χ4v) is 4.51. The van der Waals surface area contributed by atoms with Crippen molar-refractivity contribution in [1.29, 1.82) is 0 Å². The van der Waals surface area contributed by atoms with E-state index in [4.69, 9.17) is 0 Å². The topological polar surface area (TPSA) is 0 Å². The van der Waals surface area contributed by atoms with Crippen molar-refractivity contribution in [2.75, 3.05) is 0 Å². The summed E-state index contributed by atoms with van der Waals surface area (Å²) in [7, 11) is 0. The van der Waals surface area contributed by atoms with E-state index in [2.05, 4.69) is 55.4 Å². The zero-order chi connectivity index (χ0) is 12.7. The standard InChI is InChI=1S/C16H32/c1-9-11(4)12(5)16(8)13(6)15(10(2)3)14(16)7/h10-15H,9H2,1-8H3. The first kappa shape index (κ1) is 14.1. The second kappa shape index (κ2) is 4.70. The predicted octanol–water partition coefficient (Wildman–Crippen LogP) is 5.23. The molecule has 0 bridgehead atoms. The quantitative estimate of drug-likeness (QED) is 0.613. The first-order valence-electron chi connectivity index (χ1n) is 7.28. The summed E-state index contributed by atoms with van der Waals surface area (Å²) in [5.74, 6) is 5.30. The van der Waals surface area contributed by atoms with Gasteiger partial charge in [0.05, 0.1) is 0 Å². The monoisotopic (exact) mass is 224 g/mol. The van der Waals surface area contributed by atoms with E-state index in [9.17, 15) is 0 Å². The van der Waals surface area contributed by atoms with Gasteiger partial charge in [-0.15, -0.1) is 0 Å². The predicted molar refractivity (Wildman–Crippen MR) is 73.4 cm³/mol. The van der Waals surface area contributed by atoms with Crippen molar-refractivity contribution in [2.24, 2.45) is 40.9 Å². The van der Waals surface area contributed by atoms with Crippen molar-refractivity contribution in [3.05, 3.63) is 0 Å². The van der Waals surface area contributed by atoms with Crippen LogP contribution in [0.4, 0.5) is 0 Å². The third-order valence-electron chi connectivity index (χ3n) is 6.37. The summed E-state index contributed by atoms with van der Waals surface area (Å²) in [6.45, 7) is 19.6. The summed E-state index contributed by atoms with van der Waals surface area (Å²) in [5.41, 5.74) is 0.574. The fraction of sp³-hybridized carbons (Fsp3) is 1.00. The second-order valence-electron chi connectivity index (χ2n) is 6.94. The first-order chi connectivity index (χ1) is 7.28. The lowest BCUT2D eigenvalue weighted by molar-refractivity contribution is -0.158. The molecule has 0 heterocycles. The molecule has 0 saturated heterocycles. The van der Waals surface area contributed by atoms with Crippen molar-refractivity contribution >= 4 is 0 Å². The van der Waals surface area contributed by atoms with Crippen LogP contribution in [0, 0.1) is 40.9 Å². The van der Waals surface area contributed by atoms with Crippen molar-refractivity contribution in [2.45, 2.75) is 61.8 Å². The van der Waals surface area contributed by atoms with Crippen LogP contribution in [0.5, 0.6) is 0 Å². The molecule has 4 atom stereocenters. The van der Waals surface area contributed by atoms with Gasteiger partial charge in [-0.3, -0.25) is 0 Å². The molecule has 0 aromatic carbocycles. The van der Waals surface area contributed by atoms with Crippen LogP contribution in [0.2, 0.25) is 0 Å². The molecule has 0 spiro atoms. The summed E-state index contributed by atoms with van der Waals surface area (Å²) >= 11 is 0. The van der Waals surface area contributed by atoms with Crippen molar-refractivity contribution < 1.29 is 0 Å². The Balaban J connectivity index is 2.81. The van der Waals surface area contributed by atoms with Crippen LogP contribution in [0.15, 0.2) is 0 Å². The highest BCUT2D eigenvalue weighted by molar-refractivity contribution is 5.05. The molecule has 0 aliphatic heterocycles. The zero-order valence-corrected chi connectivity index (χ0v) is 12.7. The maximum atomic E-state index is 2.54. The molecule has 1 fully saturated rings. The first-order valence-corrected chi connectivity index (χ1v) is 7.28. The molecular formula is C16H32. The summed E-state index contributed by atoms with van der Waals surface area (Å²) < 4.78 is 0. The van der Waals surface area contributed by atoms with Gasteiger partial charge in [-0.2, -0.15) is 0 Å². The maximum Gasteiger partial charge on any atom is -0.0241 e. The van der Waals surface area contributed by atoms with Gasteiger partial charge in [-0.25, -0.2) is 0 Å². The van der Waals surface area contributed by atoms with Gasteiger partial charge in [0.25, 0.3) is 0 Å². The van der Waals surface area contributed by atoms with E-state index in [-0.39, 0.29) is 0 Å². The lowest BCUT2D eigenvalue weighted by Crippen LogP contribution is -2.58. The minimum atomic E-state index is 0.574. The molecule has 0 aromatic heterocycles. The van der Waals surface area contributed by atoms with E-state index < -0.39 is 0 Å². The van der Waals surface area contributed by atoms with Crippen LogP contribution in [0.25, 0.3) is 0 Å². The highest BCUT2D eigenvalue weighted by atomic mass is 14.6. The minimum Gasteiger partial charge on any atom is -0.0651 e.